The van der Waals surface area contributed by atoms with E-state index in [1.807, 2.05) is 37.4 Å². The van der Waals surface area contributed by atoms with Crippen molar-refractivity contribution in [1.29, 1.82) is 0 Å². The molecule has 23 heavy (non-hydrogen) atoms. The lowest BCUT2D eigenvalue weighted by molar-refractivity contribution is 0.0954. The van der Waals surface area contributed by atoms with Crippen LogP contribution in [0.25, 0.3) is 0 Å². The van der Waals surface area contributed by atoms with Gasteiger partial charge in [-0.15, -0.1) is 0 Å². The molecule has 0 heterocycles. The average Bonchev–Trinajstić information content (AvgIpc) is 2.61. The van der Waals surface area contributed by atoms with Crippen molar-refractivity contribution >= 4 is 11.6 Å². The number of ether oxygens (including phenoxy) is 2. The zero-order valence-corrected chi connectivity index (χ0v) is 13.7. The van der Waals surface area contributed by atoms with Gasteiger partial charge >= 0.3 is 0 Å². The third-order valence-electron chi connectivity index (χ3n) is 3.54. The Balaban J connectivity index is 1.92. The predicted molar refractivity (Wildman–Crippen MR) is 91.6 cm³/mol. The van der Waals surface area contributed by atoms with Gasteiger partial charge in [0.05, 0.1) is 14.2 Å². The standard InChI is InChI=1S/C18H22N2O3/c1-20(15-7-5-4-6-8-15)10-9-19-18(21)14-11-16(22-2)13-17(12-14)23-3/h4-8,11-13H,9-10H2,1-3H3,(H,19,21). The number of rotatable bonds is 7. The summed E-state index contributed by atoms with van der Waals surface area (Å²) in [5.74, 6) is 1.04. The molecule has 2 aromatic carbocycles. The number of amides is 1. The van der Waals surface area contributed by atoms with Crippen molar-refractivity contribution in [1.82, 2.24) is 5.32 Å². The highest BCUT2D eigenvalue weighted by Gasteiger charge is 2.10. The van der Waals surface area contributed by atoms with Gasteiger partial charge in [-0.3, -0.25) is 4.79 Å². The number of carbonyl (C=O) groups is 1. The van der Waals surface area contributed by atoms with E-state index in [9.17, 15) is 4.79 Å². The normalized spacial score (nSPS) is 10.0. The molecule has 122 valence electrons. The van der Waals surface area contributed by atoms with Crippen molar-refractivity contribution in [2.45, 2.75) is 0 Å². The number of benzene rings is 2. The molecule has 0 saturated heterocycles. The number of para-hydroxylation sites is 1. The van der Waals surface area contributed by atoms with E-state index in [-0.39, 0.29) is 5.91 Å². The molecule has 0 aliphatic rings. The summed E-state index contributed by atoms with van der Waals surface area (Å²) in [7, 11) is 5.12. The van der Waals surface area contributed by atoms with Crippen LogP contribution in [0.15, 0.2) is 48.5 Å². The first kappa shape index (κ1) is 16.7. The lowest BCUT2D eigenvalue weighted by Crippen LogP contribution is -2.33. The maximum Gasteiger partial charge on any atom is 0.251 e. The molecule has 0 spiro atoms. The van der Waals surface area contributed by atoms with Gasteiger partial charge in [0, 0.05) is 37.5 Å². The first-order valence-electron chi connectivity index (χ1n) is 7.41. The average molecular weight is 314 g/mol. The summed E-state index contributed by atoms with van der Waals surface area (Å²) in [6.07, 6.45) is 0. The minimum absolute atomic E-state index is 0.149. The van der Waals surface area contributed by atoms with Gasteiger partial charge in [0.1, 0.15) is 11.5 Å². The molecule has 0 unspecified atom stereocenters. The van der Waals surface area contributed by atoms with E-state index < -0.39 is 0 Å². The molecule has 0 bridgehead atoms. The Kier molecular flexibility index (Phi) is 5.86. The summed E-state index contributed by atoms with van der Waals surface area (Å²) >= 11 is 0. The number of hydrogen-bond donors (Lipinski definition) is 1. The number of hydrogen-bond acceptors (Lipinski definition) is 4. The van der Waals surface area contributed by atoms with Crippen LogP contribution in [-0.2, 0) is 0 Å². The molecule has 1 amide bonds. The molecule has 5 heteroatoms. The van der Waals surface area contributed by atoms with Crippen molar-refractivity contribution in [3.8, 4) is 11.5 Å². The fourth-order valence-electron chi connectivity index (χ4n) is 2.19. The Morgan fingerprint density at radius 2 is 1.65 bits per heavy atom. The van der Waals surface area contributed by atoms with Crippen LogP contribution in [0.1, 0.15) is 10.4 Å². The van der Waals surface area contributed by atoms with Gasteiger partial charge in [-0.1, -0.05) is 18.2 Å². The van der Waals surface area contributed by atoms with Crippen LogP contribution in [0.3, 0.4) is 0 Å². The van der Waals surface area contributed by atoms with Gasteiger partial charge in [0.2, 0.25) is 0 Å². The Morgan fingerprint density at radius 1 is 1.04 bits per heavy atom. The Labute approximate surface area is 136 Å². The minimum atomic E-state index is -0.149. The molecule has 0 atom stereocenters. The largest absolute Gasteiger partial charge is 0.497 e. The molecule has 0 fully saturated rings. The second-order valence-electron chi connectivity index (χ2n) is 5.11. The monoisotopic (exact) mass is 314 g/mol. The van der Waals surface area contributed by atoms with E-state index in [4.69, 9.17) is 9.47 Å². The Hall–Kier alpha value is -2.69. The van der Waals surface area contributed by atoms with Crippen LogP contribution < -0.4 is 19.7 Å². The first-order chi connectivity index (χ1) is 11.1. The predicted octanol–water partition coefficient (Wildman–Crippen LogP) is 2.57. The number of anilines is 1. The summed E-state index contributed by atoms with van der Waals surface area (Å²) in [5, 5.41) is 2.91. The zero-order valence-electron chi connectivity index (χ0n) is 13.7. The van der Waals surface area contributed by atoms with E-state index in [2.05, 4.69) is 10.2 Å². The second-order valence-corrected chi connectivity index (χ2v) is 5.11. The SMILES string of the molecule is COc1cc(OC)cc(C(=O)NCCN(C)c2ccccc2)c1. The number of carbonyl (C=O) groups excluding carboxylic acids is 1. The molecule has 0 radical (unpaired) electrons. The van der Waals surface area contributed by atoms with Crippen molar-refractivity contribution < 1.29 is 14.3 Å². The van der Waals surface area contributed by atoms with Gasteiger partial charge in [-0.25, -0.2) is 0 Å². The van der Waals surface area contributed by atoms with Gasteiger partial charge in [-0.2, -0.15) is 0 Å². The maximum atomic E-state index is 12.3. The van der Waals surface area contributed by atoms with Crippen LogP contribution in [0.5, 0.6) is 11.5 Å². The number of nitrogens with one attached hydrogen (secondary N) is 1. The molecule has 0 saturated carbocycles. The number of likely N-dealkylation sites (N-methyl/N-ethyl adjacent to an activating group) is 1. The molecular weight excluding hydrogens is 292 g/mol. The zero-order chi connectivity index (χ0) is 16.7. The summed E-state index contributed by atoms with van der Waals surface area (Å²) in [6, 6.07) is 15.2. The van der Waals surface area contributed by atoms with E-state index >= 15 is 0 Å². The van der Waals surface area contributed by atoms with Crippen LogP contribution in [0.4, 0.5) is 5.69 Å². The van der Waals surface area contributed by atoms with Crippen LogP contribution in [0, 0.1) is 0 Å². The molecule has 1 N–H and O–H groups in total. The van der Waals surface area contributed by atoms with Crippen LogP contribution in [-0.4, -0.2) is 40.3 Å². The van der Waals surface area contributed by atoms with Crippen LogP contribution >= 0.6 is 0 Å². The highest BCUT2D eigenvalue weighted by molar-refractivity contribution is 5.95. The highest BCUT2D eigenvalue weighted by Crippen LogP contribution is 2.22. The third-order valence-corrected chi connectivity index (χ3v) is 3.54. The quantitative estimate of drug-likeness (QED) is 0.853. The molecule has 2 aromatic rings. The number of nitrogens with zero attached hydrogens (tertiary/aromatic N) is 1. The summed E-state index contributed by atoms with van der Waals surface area (Å²) in [4.78, 5) is 14.3. The molecule has 0 aliphatic heterocycles. The second kappa shape index (κ2) is 8.08. The van der Waals surface area contributed by atoms with E-state index in [0.29, 0.717) is 23.6 Å². The van der Waals surface area contributed by atoms with Crippen molar-refractivity contribution in [2.24, 2.45) is 0 Å². The molecular formula is C18H22N2O3. The van der Waals surface area contributed by atoms with Crippen molar-refractivity contribution in [3.63, 3.8) is 0 Å². The fraction of sp³-hybridized carbons (Fsp3) is 0.278. The fourth-order valence-corrected chi connectivity index (χ4v) is 2.19. The van der Waals surface area contributed by atoms with E-state index in [1.165, 1.54) is 0 Å². The Morgan fingerprint density at radius 3 is 2.22 bits per heavy atom. The summed E-state index contributed by atoms with van der Waals surface area (Å²) in [6.45, 7) is 1.26. The van der Waals surface area contributed by atoms with Gasteiger partial charge < -0.3 is 19.7 Å². The maximum absolute atomic E-state index is 12.3. The van der Waals surface area contributed by atoms with Gasteiger partial charge in [-0.05, 0) is 24.3 Å². The summed E-state index contributed by atoms with van der Waals surface area (Å²) < 4.78 is 10.4. The van der Waals surface area contributed by atoms with Crippen LogP contribution in [0.2, 0.25) is 0 Å². The third kappa shape index (κ3) is 4.64. The molecule has 0 aromatic heterocycles. The number of methoxy groups -OCH3 is 2. The van der Waals surface area contributed by atoms with E-state index in [1.54, 1.807) is 32.4 Å². The molecule has 5 nitrogen and oxygen atoms in total. The van der Waals surface area contributed by atoms with Crippen molar-refractivity contribution in [2.75, 3.05) is 39.3 Å². The van der Waals surface area contributed by atoms with Gasteiger partial charge in [0.25, 0.3) is 5.91 Å². The molecule has 0 aliphatic carbocycles. The topological polar surface area (TPSA) is 50.8 Å². The Bertz CT molecular complexity index is 622. The summed E-state index contributed by atoms with van der Waals surface area (Å²) in [5.41, 5.74) is 1.63. The van der Waals surface area contributed by atoms with E-state index in [0.717, 1.165) is 12.2 Å². The molecule has 2 rings (SSSR count). The van der Waals surface area contributed by atoms with Gasteiger partial charge in [0.15, 0.2) is 0 Å². The highest BCUT2D eigenvalue weighted by atomic mass is 16.5. The van der Waals surface area contributed by atoms with Crippen molar-refractivity contribution in [3.05, 3.63) is 54.1 Å². The lowest BCUT2D eigenvalue weighted by Gasteiger charge is -2.19. The first-order valence-corrected chi connectivity index (χ1v) is 7.41. The smallest absolute Gasteiger partial charge is 0.251 e. The lowest BCUT2D eigenvalue weighted by atomic mass is 10.2. The minimum Gasteiger partial charge on any atom is -0.497 e.